The van der Waals surface area contributed by atoms with E-state index in [1.54, 1.807) is 12.5 Å². The first-order chi connectivity index (χ1) is 7.81. The molecule has 17 heavy (non-hydrogen) atoms. The molecule has 1 spiro atoms. The van der Waals surface area contributed by atoms with Crippen LogP contribution in [0.1, 0.15) is 19.8 Å². The van der Waals surface area contributed by atoms with Gasteiger partial charge in [-0.3, -0.25) is 9.00 Å². The second-order valence-electron chi connectivity index (χ2n) is 5.43. The minimum atomic E-state index is -2.13. The van der Waals surface area contributed by atoms with Crippen molar-refractivity contribution in [1.29, 1.82) is 0 Å². The first-order valence-electron chi connectivity index (χ1n) is 5.92. The molecule has 0 bridgehead atoms. The molecule has 0 aromatic rings. The lowest BCUT2D eigenvalue weighted by Gasteiger charge is -2.21. The fourth-order valence-corrected chi connectivity index (χ4v) is 3.47. The van der Waals surface area contributed by atoms with Crippen LogP contribution in [0.4, 0.5) is 0 Å². The third kappa shape index (κ3) is 2.89. The predicted molar refractivity (Wildman–Crippen MR) is 67.6 cm³/mol. The van der Waals surface area contributed by atoms with Crippen molar-refractivity contribution in [3.63, 3.8) is 0 Å². The molecular weight excluding hydrogens is 240 g/mol. The summed E-state index contributed by atoms with van der Waals surface area (Å²) >= 11 is 0. The highest BCUT2D eigenvalue weighted by Gasteiger charge is 2.49. The molecule has 2 fully saturated rings. The summed E-state index contributed by atoms with van der Waals surface area (Å²) in [7, 11) is -2.13. The topological polar surface area (TPSA) is 52.6 Å². The second-order valence-corrected chi connectivity index (χ2v) is 8.28. The molecule has 1 aliphatic heterocycles. The largest absolute Gasteiger partial charge is 0.348 e. The number of carbonyl (C=O) groups is 1. The maximum absolute atomic E-state index is 12.1. The lowest BCUT2D eigenvalue weighted by Crippen LogP contribution is -2.27. The van der Waals surface area contributed by atoms with Crippen molar-refractivity contribution in [2.24, 2.45) is 11.8 Å². The summed E-state index contributed by atoms with van der Waals surface area (Å²) in [6.45, 7) is 3.24. The van der Waals surface area contributed by atoms with E-state index in [1.807, 2.05) is 6.92 Å². The number of Topliss-reactive ketones (excluding diaryl/α,β-unsaturated/α-hetero) is 1. The molecule has 0 radical (unpaired) electrons. The van der Waals surface area contributed by atoms with Crippen LogP contribution in [0.15, 0.2) is 0 Å². The van der Waals surface area contributed by atoms with Gasteiger partial charge in [0.15, 0.2) is 11.6 Å². The Morgan fingerprint density at radius 2 is 1.88 bits per heavy atom. The van der Waals surface area contributed by atoms with Gasteiger partial charge in [-0.2, -0.15) is 0 Å². The van der Waals surface area contributed by atoms with Crippen molar-refractivity contribution in [2.75, 3.05) is 25.7 Å². The van der Waals surface area contributed by atoms with E-state index in [9.17, 15) is 9.00 Å². The van der Waals surface area contributed by atoms with Crippen LogP contribution in [-0.4, -0.2) is 46.9 Å². The van der Waals surface area contributed by atoms with E-state index in [0.29, 0.717) is 19.6 Å². The van der Waals surface area contributed by atoms with Gasteiger partial charge in [0.1, 0.15) is 0 Å². The Morgan fingerprint density at radius 1 is 1.29 bits per heavy atom. The van der Waals surface area contributed by atoms with Gasteiger partial charge in [0.05, 0.1) is 13.2 Å². The van der Waals surface area contributed by atoms with Crippen molar-refractivity contribution in [3.8, 4) is 0 Å². The smallest absolute Gasteiger partial charge is 0.169 e. The van der Waals surface area contributed by atoms with Gasteiger partial charge in [0, 0.05) is 36.6 Å². The molecule has 0 aromatic carbocycles. The van der Waals surface area contributed by atoms with Gasteiger partial charge in [-0.15, -0.1) is 0 Å². The van der Waals surface area contributed by atoms with Crippen LogP contribution in [-0.2, 0) is 23.8 Å². The first-order valence-corrected chi connectivity index (χ1v) is 8.36. The zero-order valence-electron chi connectivity index (χ0n) is 10.6. The third-order valence-electron chi connectivity index (χ3n) is 3.43. The van der Waals surface area contributed by atoms with Gasteiger partial charge in [-0.25, -0.2) is 0 Å². The van der Waals surface area contributed by atoms with E-state index in [1.165, 1.54) is 5.37 Å². The molecule has 1 aliphatic carbocycles. The Bertz CT molecular complexity index is 420. The SMILES string of the molecule is C[C@@H]1CC2(C[C@@H]1C(=O)C=S(C)(C)=O)OCCO2. The minimum Gasteiger partial charge on any atom is -0.348 e. The fraction of sp³-hybridized carbons (Fsp3) is 0.833. The molecule has 0 N–H and O–H groups in total. The summed E-state index contributed by atoms with van der Waals surface area (Å²) in [6.07, 6.45) is 4.52. The van der Waals surface area contributed by atoms with Gasteiger partial charge >= 0.3 is 0 Å². The highest BCUT2D eigenvalue weighted by molar-refractivity contribution is 8.01. The van der Waals surface area contributed by atoms with Gasteiger partial charge in [0.2, 0.25) is 0 Å². The molecule has 4 nitrogen and oxygen atoms in total. The van der Waals surface area contributed by atoms with E-state index in [2.05, 4.69) is 0 Å². The standard InChI is InChI=1S/C12H20O4S/c1-9-6-12(15-4-5-16-12)7-10(9)11(13)8-17(2,3)14/h8-10H,4-7H2,1-3H3/t9-,10+/m1/s1. The quantitative estimate of drug-likeness (QED) is 0.686. The van der Waals surface area contributed by atoms with Gasteiger partial charge in [-0.1, -0.05) is 6.92 Å². The normalized spacial score (nSPS) is 31.9. The molecule has 2 atom stereocenters. The number of rotatable bonds is 2. The lowest BCUT2D eigenvalue weighted by atomic mass is 9.95. The lowest BCUT2D eigenvalue weighted by molar-refractivity contribution is -0.155. The zero-order chi connectivity index (χ0) is 12.7. The molecule has 2 rings (SSSR count). The van der Waals surface area contributed by atoms with E-state index < -0.39 is 15.3 Å². The number of carbonyl (C=O) groups excluding carboxylic acids is 1. The van der Waals surface area contributed by atoms with Crippen molar-refractivity contribution >= 4 is 20.7 Å². The van der Waals surface area contributed by atoms with Gasteiger partial charge in [-0.05, 0) is 15.4 Å². The van der Waals surface area contributed by atoms with Gasteiger partial charge in [0.25, 0.3) is 0 Å². The fourth-order valence-electron chi connectivity index (χ4n) is 2.73. The monoisotopic (exact) mass is 260 g/mol. The van der Waals surface area contributed by atoms with Crippen LogP contribution in [0.3, 0.4) is 0 Å². The predicted octanol–water partition coefficient (Wildman–Crippen LogP) is 0.691. The summed E-state index contributed by atoms with van der Waals surface area (Å²) in [6, 6.07) is 0. The van der Waals surface area contributed by atoms with Crippen molar-refractivity contribution in [1.82, 2.24) is 0 Å². The Labute approximate surface area is 103 Å². The Balaban J connectivity index is 2.13. The zero-order valence-corrected chi connectivity index (χ0v) is 11.4. The molecule has 0 amide bonds. The van der Waals surface area contributed by atoms with Crippen molar-refractivity contribution < 1.29 is 18.5 Å². The Morgan fingerprint density at radius 3 is 2.41 bits per heavy atom. The molecule has 1 heterocycles. The number of hydrogen-bond acceptors (Lipinski definition) is 4. The van der Waals surface area contributed by atoms with Gasteiger partial charge < -0.3 is 9.47 Å². The third-order valence-corrected chi connectivity index (χ3v) is 4.23. The van der Waals surface area contributed by atoms with Crippen LogP contribution in [0.5, 0.6) is 0 Å². The number of ketones is 1. The summed E-state index contributed by atoms with van der Waals surface area (Å²) in [5, 5.41) is 1.38. The molecule has 5 heteroatoms. The molecule has 2 aliphatic rings. The molecule has 0 aromatic heterocycles. The van der Waals surface area contributed by atoms with Crippen molar-refractivity contribution in [2.45, 2.75) is 25.6 Å². The Kier molecular flexibility index (Phi) is 3.36. The molecular formula is C12H20O4S. The molecule has 1 saturated heterocycles. The summed E-state index contributed by atoms with van der Waals surface area (Å²) < 4.78 is 22.9. The van der Waals surface area contributed by atoms with Crippen LogP contribution in [0.2, 0.25) is 0 Å². The maximum atomic E-state index is 12.1. The summed E-state index contributed by atoms with van der Waals surface area (Å²) in [5.41, 5.74) is 0. The summed E-state index contributed by atoms with van der Waals surface area (Å²) in [4.78, 5) is 12.1. The highest BCUT2D eigenvalue weighted by atomic mass is 32.2. The van der Waals surface area contributed by atoms with E-state index >= 15 is 0 Å². The highest BCUT2D eigenvalue weighted by Crippen LogP contribution is 2.44. The first kappa shape index (κ1) is 13.1. The second kappa shape index (κ2) is 4.37. The van der Waals surface area contributed by atoms with Crippen LogP contribution in [0.25, 0.3) is 0 Å². The van der Waals surface area contributed by atoms with Crippen LogP contribution >= 0.6 is 0 Å². The average molecular weight is 260 g/mol. The number of hydrogen-bond donors (Lipinski definition) is 0. The van der Waals surface area contributed by atoms with E-state index in [0.717, 1.165) is 6.42 Å². The average Bonchev–Trinajstić information content (AvgIpc) is 2.72. The van der Waals surface area contributed by atoms with E-state index in [-0.39, 0.29) is 17.6 Å². The molecule has 1 saturated carbocycles. The maximum Gasteiger partial charge on any atom is 0.169 e. The van der Waals surface area contributed by atoms with Crippen LogP contribution in [0, 0.1) is 11.8 Å². The van der Waals surface area contributed by atoms with E-state index in [4.69, 9.17) is 9.47 Å². The van der Waals surface area contributed by atoms with Crippen molar-refractivity contribution in [3.05, 3.63) is 0 Å². The number of ether oxygens (including phenoxy) is 2. The molecule has 98 valence electrons. The minimum absolute atomic E-state index is 0.0246. The Hall–Kier alpha value is -0.390. The van der Waals surface area contributed by atoms with Crippen LogP contribution < -0.4 is 0 Å². The summed E-state index contributed by atoms with van der Waals surface area (Å²) in [5.74, 6) is -0.466. The molecule has 0 unspecified atom stereocenters.